The van der Waals surface area contributed by atoms with Gasteiger partial charge in [-0.1, -0.05) is 31.4 Å². The molecule has 4 rings (SSSR count). The summed E-state index contributed by atoms with van der Waals surface area (Å²) >= 11 is 1.50. The highest BCUT2D eigenvalue weighted by molar-refractivity contribution is 7.89. The lowest BCUT2D eigenvalue weighted by Crippen LogP contribution is -2.59. The summed E-state index contributed by atoms with van der Waals surface area (Å²) < 4.78 is 33.6. The van der Waals surface area contributed by atoms with E-state index in [0.29, 0.717) is 12.1 Å². The normalized spacial score (nSPS) is 19.5. The van der Waals surface area contributed by atoms with Crippen LogP contribution in [-0.2, 0) is 21.3 Å². The Labute approximate surface area is 194 Å². The van der Waals surface area contributed by atoms with Gasteiger partial charge in [0, 0.05) is 42.2 Å². The number of ether oxygens (including phenoxy) is 1. The van der Waals surface area contributed by atoms with Crippen LogP contribution in [0.15, 0.2) is 46.7 Å². The van der Waals surface area contributed by atoms with Gasteiger partial charge in [-0.15, -0.1) is 11.3 Å². The third-order valence-corrected chi connectivity index (χ3v) is 8.74. The molecule has 1 aliphatic carbocycles. The van der Waals surface area contributed by atoms with Crippen molar-refractivity contribution >= 4 is 27.3 Å². The van der Waals surface area contributed by atoms with E-state index in [4.69, 9.17) is 4.74 Å². The second-order valence-corrected chi connectivity index (χ2v) is 11.3. The van der Waals surface area contributed by atoms with Crippen LogP contribution in [0.1, 0.15) is 47.3 Å². The number of sulfonamides is 1. The SMILES string of the molecule is O=C(NCC1(N2CCOCC2)CCCCC1)c1cccc(S(=O)(=O)NCc2cccs2)c1. The van der Waals surface area contributed by atoms with Gasteiger partial charge in [-0.2, -0.15) is 0 Å². The number of hydrogen-bond donors (Lipinski definition) is 2. The van der Waals surface area contributed by atoms with Crippen LogP contribution in [0, 0.1) is 0 Å². The van der Waals surface area contributed by atoms with E-state index < -0.39 is 10.0 Å². The minimum atomic E-state index is -3.70. The molecule has 2 heterocycles. The Morgan fingerprint density at radius 3 is 2.59 bits per heavy atom. The zero-order chi connectivity index (χ0) is 22.4. The molecule has 32 heavy (non-hydrogen) atoms. The summed E-state index contributed by atoms with van der Waals surface area (Å²) in [6.07, 6.45) is 5.69. The van der Waals surface area contributed by atoms with Gasteiger partial charge in [-0.25, -0.2) is 13.1 Å². The fourth-order valence-electron chi connectivity index (χ4n) is 4.67. The van der Waals surface area contributed by atoms with Crippen molar-refractivity contribution in [2.24, 2.45) is 0 Å². The van der Waals surface area contributed by atoms with Gasteiger partial charge in [0.05, 0.1) is 18.1 Å². The summed E-state index contributed by atoms with van der Waals surface area (Å²) in [5.41, 5.74) is 0.320. The van der Waals surface area contributed by atoms with Crippen molar-refractivity contribution in [2.75, 3.05) is 32.8 Å². The van der Waals surface area contributed by atoms with Crippen molar-refractivity contribution in [3.05, 3.63) is 52.2 Å². The first-order valence-electron chi connectivity index (χ1n) is 11.2. The molecule has 2 fully saturated rings. The summed E-state index contributed by atoms with van der Waals surface area (Å²) in [5, 5.41) is 5.01. The van der Waals surface area contributed by atoms with Gasteiger partial charge < -0.3 is 10.1 Å². The smallest absolute Gasteiger partial charge is 0.251 e. The Balaban J connectivity index is 1.42. The molecule has 0 spiro atoms. The van der Waals surface area contributed by atoms with E-state index in [1.54, 1.807) is 12.1 Å². The largest absolute Gasteiger partial charge is 0.379 e. The van der Waals surface area contributed by atoms with Gasteiger partial charge in [0.15, 0.2) is 0 Å². The predicted octanol–water partition coefficient (Wildman–Crippen LogP) is 2.99. The fraction of sp³-hybridized carbons (Fsp3) is 0.522. The Bertz CT molecular complexity index is 996. The van der Waals surface area contributed by atoms with Crippen molar-refractivity contribution in [3.8, 4) is 0 Å². The Kier molecular flexibility index (Phi) is 7.63. The minimum Gasteiger partial charge on any atom is -0.379 e. The number of benzene rings is 1. The lowest BCUT2D eigenvalue weighted by atomic mass is 9.79. The maximum Gasteiger partial charge on any atom is 0.251 e. The number of nitrogens with zero attached hydrogens (tertiary/aromatic N) is 1. The molecule has 1 aliphatic heterocycles. The third kappa shape index (κ3) is 5.58. The predicted molar refractivity (Wildman–Crippen MR) is 125 cm³/mol. The van der Waals surface area contributed by atoms with Gasteiger partial charge in [0.1, 0.15) is 0 Å². The second-order valence-electron chi connectivity index (χ2n) is 8.50. The maximum atomic E-state index is 13.0. The van der Waals surface area contributed by atoms with Gasteiger partial charge in [-0.3, -0.25) is 9.69 Å². The van der Waals surface area contributed by atoms with Crippen LogP contribution in [0.3, 0.4) is 0 Å². The number of carbonyl (C=O) groups is 1. The van der Waals surface area contributed by atoms with Crippen LogP contribution < -0.4 is 10.0 Å². The number of rotatable bonds is 8. The van der Waals surface area contributed by atoms with E-state index in [9.17, 15) is 13.2 Å². The lowest BCUT2D eigenvalue weighted by molar-refractivity contribution is -0.0361. The number of amides is 1. The highest BCUT2D eigenvalue weighted by Crippen LogP contribution is 2.34. The second kappa shape index (κ2) is 10.4. The topological polar surface area (TPSA) is 87.7 Å². The molecule has 174 valence electrons. The lowest BCUT2D eigenvalue weighted by Gasteiger charge is -2.48. The number of morpholine rings is 1. The molecule has 0 radical (unpaired) electrons. The Morgan fingerprint density at radius 2 is 1.88 bits per heavy atom. The quantitative estimate of drug-likeness (QED) is 0.610. The van der Waals surface area contributed by atoms with Crippen molar-refractivity contribution < 1.29 is 17.9 Å². The number of carbonyl (C=O) groups excluding carboxylic acids is 1. The van der Waals surface area contributed by atoms with Crippen LogP contribution in [0.2, 0.25) is 0 Å². The number of hydrogen-bond acceptors (Lipinski definition) is 6. The monoisotopic (exact) mass is 477 g/mol. The Hall–Kier alpha value is -1.78. The highest BCUT2D eigenvalue weighted by atomic mass is 32.2. The zero-order valence-electron chi connectivity index (χ0n) is 18.2. The molecule has 0 bridgehead atoms. The van der Waals surface area contributed by atoms with Crippen molar-refractivity contribution in [3.63, 3.8) is 0 Å². The molecule has 9 heteroatoms. The summed E-state index contributed by atoms with van der Waals surface area (Å²) in [7, 11) is -3.70. The van der Waals surface area contributed by atoms with E-state index >= 15 is 0 Å². The average molecular weight is 478 g/mol. The molecular weight excluding hydrogens is 446 g/mol. The van der Waals surface area contributed by atoms with Crippen LogP contribution in [0.5, 0.6) is 0 Å². The molecule has 7 nitrogen and oxygen atoms in total. The highest BCUT2D eigenvalue weighted by Gasteiger charge is 2.38. The average Bonchev–Trinajstić information content (AvgIpc) is 3.36. The Morgan fingerprint density at radius 1 is 1.09 bits per heavy atom. The molecular formula is C23H31N3O4S2. The third-order valence-electron chi connectivity index (χ3n) is 6.47. The number of nitrogens with one attached hydrogen (secondary N) is 2. The van der Waals surface area contributed by atoms with Crippen molar-refractivity contribution in [2.45, 2.75) is 49.1 Å². The molecule has 2 aromatic rings. The standard InChI is InChI=1S/C23H31N3O4S2/c27-22(24-18-23(9-2-1-3-10-23)26-11-13-30-14-12-26)19-6-4-8-21(16-19)32(28,29)25-17-20-7-5-15-31-20/h4-8,15-16,25H,1-3,9-14,17-18H2,(H,24,27). The van der Waals surface area contributed by atoms with Crippen molar-refractivity contribution in [1.82, 2.24) is 14.9 Å². The molecule has 1 saturated carbocycles. The zero-order valence-corrected chi connectivity index (χ0v) is 19.8. The maximum absolute atomic E-state index is 13.0. The molecule has 0 unspecified atom stereocenters. The molecule has 0 atom stereocenters. The van der Waals surface area contributed by atoms with E-state index in [0.717, 1.165) is 56.9 Å². The van der Waals surface area contributed by atoms with Crippen LogP contribution in [0.25, 0.3) is 0 Å². The van der Waals surface area contributed by atoms with Crippen molar-refractivity contribution in [1.29, 1.82) is 0 Å². The summed E-state index contributed by atoms with van der Waals surface area (Å²) in [6.45, 7) is 4.04. The molecule has 2 N–H and O–H groups in total. The van der Waals surface area contributed by atoms with E-state index in [-0.39, 0.29) is 22.9 Å². The van der Waals surface area contributed by atoms with E-state index in [1.165, 1.54) is 29.9 Å². The number of thiophene rings is 1. The molecule has 1 amide bonds. The summed E-state index contributed by atoms with van der Waals surface area (Å²) in [6, 6.07) is 10.0. The van der Waals surface area contributed by atoms with Crippen LogP contribution in [-0.4, -0.2) is 57.6 Å². The fourth-order valence-corrected chi connectivity index (χ4v) is 6.45. The minimum absolute atomic E-state index is 0.0381. The van der Waals surface area contributed by atoms with Gasteiger partial charge in [0.25, 0.3) is 5.91 Å². The molecule has 1 aromatic heterocycles. The van der Waals surface area contributed by atoms with E-state index in [1.807, 2.05) is 17.5 Å². The first-order valence-corrected chi connectivity index (χ1v) is 13.6. The first kappa shape index (κ1) is 23.4. The van der Waals surface area contributed by atoms with Crippen LogP contribution in [0.4, 0.5) is 0 Å². The van der Waals surface area contributed by atoms with Crippen LogP contribution >= 0.6 is 11.3 Å². The first-order chi connectivity index (χ1) is 15.5. The molecule has 1 aromatic carbocycles. The summed E-state index contributed by atoms with van der Waals surface area (Å²) in [5.74, 6) is -0.237. The molecule has 1 saturated heterocycles. The van der Waals surface area contributed by atoms with Gasteiger partial charge in [-0.05, 0) is 42.5 Å². The summed E-state index contributed by atoms with van der Waals surface area (Å²) in [4.78, 5) is 16.5. The van der Waals surface area contributed by atoms with E-state index in [2.05, 4.69) is 14.9 Å². The molecule has 2 aliphatic rings. The van der Waals surface area contributed by atoms with Gasteiger partial charge in [0.2, 0.25) is 10.0 Å². The van der Waals surface area contributed by atoms with Gasteiger partial charge >= 0.3 is 0 Å².